The quantitative estimate of drug-likeness (QED) is 0.159. The van der Waals surface area contributed by atoms with Crippen LogP contribution in [0.25, 0.3) is 76.5 Å². The molecule has 0 heterocycles. The highest BCUT2D eigenvalue weighted by atomic mass is 15.1. The van der Waals surface area contributed by atoms with Crippen molar-refractivity contribution in [3.8, 4) is 33.4 Å². The van der Waals surface area contributed by atoms with Gasteiger partial charge < -0.3 is 4.90 Å². The summed E-state index contributed by atoms with van der Waals surface area (Å²) in [6, 6.07) is 77.4. The molecule has 0 amide bonds. The third-order valence-corrected chi connectivity index (χ3v) is 10.6. The Morgan fingerprint density at radius 2 is 0.774 bits per heavy atom. The molecule has 0 aliphatic heterocycles. The van der Waals surface area contributed by atoms with Gasteiger partial charge in [0.25, 0.3) is 0 Å². The summed E-state index contributed by atoms with van der Waals surface area (Å²) in [7, 11) is 0. The zero-order valence-corrected chi connectivity index (χ0v) is 29.2. The summed E-state index contributed by atoms with van der Waals surface area (Å²) in [5.41, 5.74) is 10.5. The summed E-state index contributed by atoms with van der Waals surface area (Å²) in [5, 5.41) is 9.99. The molecule has 0 saturated heterocycles. The SMILES string of the molecule is c1ccc(N(c2ccc(-c3cccc4ccccc34)cc2)c2ccccc2-c2cc3ccccc3c3ccccc23)c(-c2ccc3ccccc3c2)c1. The van der Waals surface area contributed by atoms with Gasteiger partial charge >= 0.3 is 0 Å². The largest absolute Gasteiger partial charge is 0.309 e. The molecule has 0 aliphatic carbocycles. The molecule has 53 heavy (non-hydrogen) atoms. The smallest absolute Gasteiger partial charge is 0.0540 e. The van der Waals surface area contributed by atoms with Gasteiger partial charge in [-0.3, -0.25) is 0 Å². The van der Waals surface area contributed by atoms with Gasteiger partial charge in [0.05, 0.1) is 11.4 Å². The van der Waals surface area contributed by atoms with Crippen LogP contribution in [0.2, 0.25) is 0 Å². The number of benzene rings is 10. The summed E-state index contributed by atoms with van der Waals surface area (Å²) < 4.78 is 0. The van der Waals surface area contributed by atoms with Gasteiger partial charge in [0, 0.05) is 16.8 Å². The first-order valence-corrected chi connectivity index (χ1v) is 18.3. The maximum Gasteiger partial charge on any atom is 0.0540 e. The normalized spacial score (nSPS) is 11.4. The van der Waals surface area contributed by atoms with Crippen LogP contribution in [-0.2, 0) is 0 Å². The van der Waals surface area contributed by atoms with Crippen LogP contribution >= 0.6 is 0 Å². The minimum Gasteiger partial charge on any atom is -0.309 e. The van der Waals surface area contributed by atoms with E-state index >= 15 is 0 Å². The van der Waals surface area contributed by atoms with Crippen molar-refractivity contribution in [3.05, 3.63) is 212 Å². The fraction of sp³-hybridized carbons (Fsp3) is 0. The zero-order valence-electron chi connectivity index (χ0n) is 29.2. The first-order chi connectivity index (χ1) is 26.3. The Morgan fingerprint density at radius 1 is 0.245 bits per heavy atom. The molecule has 1 nitrogen and oxygen atoms in total. The molecule has 248 valence electrons. The molecule has 0 unspecified atom stereocenters. The van der Waals surface area contributed by atoms with E-state index in [0.29, 0.717) is 0 Å². The highest BCUT2D eigenvalue weighted by Gasteiger charge is 2.22. The van der Waals surface area contributed by atoms with Crippen LogP contribution in [0.5, 0.6) is 0 Å². The van der Waals surface area contributed by atoms with Crippen molar-refractivity contribution < 1.29 is 0 Å². The summed E-state index contributed by atoms with van der Waals surface area (Å²) in [6.45, 7) is 0. The minimum atomic E-state index is 1.10. The van der Waals surface area contributed by atoms with Crippen LogP contribution in [0.1, 0.15) is 0 Å². The Kier molecular flexibility index (Phi) is 7.55. The van der Waals surface area contributed by atoms with Gasteiger partial charge in [-0.1, -0.05) is 176 Å². The van der Waals surface area contributed by atoms with Crippen LogP contribution in [0.15, 0.2) is 212 Å². The topological polar surface area (TPSA) is 3.24 Å². The van der Waals surface area contributed by atoms with E-state index in [1.165, 1.54) is 76.5 Å². The van der Waals surface area contributed by atoms with Crippen LogP contribution in [0, 0.1) is 0 Å². The molecule has 10 rings (SSSR count). The molecule has 0 N–H and O–H groups in total. The summed E-state index contributed by atoms with van der Waals surface area (Å²) in [6.07, 6.45) is 0. The Hall–Kier alpha value is -6.96. The zero-order chi connectivity index (χ0) is 35.1. The fourth-order valence-electron chi connectivity index (χ4n) is 8.12. The van der Waals surface area contributed by atoms with Gasteiger partial charge in [0.15, 0.2) is 0 Å². The highest BCUT2D eigenvalue weighted by Crippen LogP contribution is 2.47. The standard InChI is InChI=1S/C52H35N/c1-2-16-39-34-41(29-28-36(39)14-1)46-21-9-11-26-51(46)53(42-32-30-38(31-33-42)44-25-13-18-37-15-3-5-19-43(37)44)52-27-12-10-24-49(52)50-35-40-17-4-6-20-45(40)47-22-7-8-23-48(47)50/h1-35H. The summed E-state index contributed by atoms with van der Waals surface area (Å²) in [5.74, 6) is 0. The number of anilines is 3. The molecule has 0 bridgehead atoms. The number of hydrogen-bond donors (Lipinski definition) is 0. The van der Waals surface area contributed by atoms with Gasteiger partial charge in [0.1, 0.15) is 0 Å². The van der Waals surface area contributed by atoms with Crippen molar-refractivity contribution in [2.75, 3.05) is 4.90 Å². The molecule has 0 radical (unpaired) electrons. The molecule has 10 aromatic rings. The number of hydrogen-bond acceptors (Lipinski definition) is 1. The average molecular weight is 674 g/mol. The lowest BCUT2D eigenvalue weighted by molar-refractivity contribution is 1.28. The van der Waals surface area contributed by atoms with Crippen LogP contribution in [-0.4, -0.2) is 0 Å². The van der Waals surface area contributed by atoms with E-state index in [0.717, 1.165) is 17.1 Å². The number of nitrogens with zero attached hydrogens (tertiary/aromatic N) is 1. The molecule has 0 saturated carbocycles. The van der Waals surface area contributed by atoms with Crippen LogP contribution < -0.4 is 4.90 Å². The van der Waals surface area contributed by atoms with E-state index in [4.69, 9.17) is 0 Å². The van der Waals surface area contributed by atoms with E-state index in [1.807, 2.05) is 0 Å². The Balaban J connectivity index is 1.21. The predicted octanol–water partition coefficient (Wildman–Crippen LogP) is 14.8. The van der Waals surface area contributed by atoms with Crippen molar-refractivity contribution in [2.45, 2.75) is 0 Å². The molecule has 0 spiro atoms. The molecule has 0 aromatic heterocycles. The Morgan fingerprint density at radius 3 is 1.57 bits per heavy atom. The first kappa shape index (κ1) is 30.8. The average Bonchev–Trinajstić information content (AvgIpc) is 3.24. The third-order valence-electron chi connectivity index (χ3n) is 10.6. The first-order valence-electron chi connectivity index (χ1n) is 18.3. The molecule has 10 aromatic carbocycles. The summed E-state index contributed by atoms with van der Waals surface area (Å²) >= 11 is 0. The molecular formula is C52H35N. The van der Waals surface area contributed by atoms with Gasteiger partial charge in [-0.2, -0.15) is 0 Å². The minimum absolute atomic E-state index is 1.10. The second-order valence-electron chi connectivity index (χ2n) is 13.7. The van der Waals surface area contributed by atoms with Crippen LogP contribution in [0.4, 0.5) is 17.1 Å². The van der Waals surface area contributed by atoms with Crippen molar-refractivity contribution in [2.24, 2.45) is 0 Å². The van der Waals surface area contributed by atoms with E-state index < -0.39 is 0 Å². The lowest BCUT2D eigenvalue weighted by Gasteiger charge is -2.30. The van der Waals surface area contributed by atoms with E-state index in [2.05, 4.69) is 217 Å². The van der Waals surface area contributed by atoms with E-state index in [-0.39, 0.29) is 0 Å². The lowest BCUT2D eigenvalue weighted by Crippen LogP contribution is -2.12. The molecule has 0 aliphatic rings. The number of fused-ring (bicyclic) bond motifs is 5. The number of rotatable bonds is 6. The molecular weight excluding hydrogens is 639 g/mol. The van der Waals surface area contributed by atoms with Crippen LogP contribution in [0.3, 0.4) is 0 Å². The maximum atomic E-state index is 2.46. The second-order valence-corrected chi connectivity index (χ2v) is 13.7. The number of para-hydroxylation sites is 2. The fourth-order valence-corrected chi connectivity index (χ4v) is 8.12. The second kappa shape index (κ2) is 13.0. The van der Waals surface area contributed by atoms with Gasteiger partial charge in [-0.15, -0.1) is 0 Å². The lowest BCUT2D eigenvalue weighted by atomic mass is 9.91. The monoisotopic (exact) mass is 673 g/mol. The summed E-state index contributed by atoms with van der Waals surface area (Å²) in [4.78, 5) is 2.46. The Labute approximate surface area is 309 Å². The maximum absolute atomic E-state index is 2.46. The Bertz CT molecular complexity index is 2950. The highest BCUT2D eigenvalue weighted by molar-refractivity contribution is 6.15. The van der Waals surface area contributed by atoms with Crippen molar-refractivity contribution in [1.29, 1.82) is 0 Å². The molecule has 0 fully saturated rings. The predicted molar refractivity (Wildman–Crippen MR) is 227 cm³/mol. The van der Waals surface area contributed by atoms with E-state index in [9.17, 15) is 0 Å². The van der Waals surface area contributed by atoms with E-state index in [1.54, 1.807) is 0 Å². The molecule has 0 atom stereocenters. The van der Waals surface area contributed by atoms with Gasteiger partial charge in [-0.05, 0) is 102 Å². The van der Waals surface area contributed by atoms with Gasteiger partial charge in [-0.25, -0.2) is 0 Å². The third kappa shape index (κ3) is 5.42. The van der Waals surface area contributed by atoms with Crippen molar-refractivity contribution in [1.82, 2.24) is 0 Å². The van der Waals surface area contributed by atoms with Crippen molar-refractivity contribution in [3.63, 3.8) is 0 Å². The molecule has 1 heteroatoms. The van der Waals surface area contributed by atoms with Crippen molar-refractivity contribution >= 4 is 60.2 Å². The van der Waals surface area contributed by atoms with Gasteiger partial charge in [0.2, 0.25) is 0 Å².